The Balaban J connectivity index is 3.96. The van der Waals surface area contributed by atoms with Gasteiger partial charge in [-0.15, -0.1) is 0 Å². The summed E-state index contributed by atoms with van der Waals surface area (Å²) in [4.78, 5) is 7.41. The van der Waals surface area contributed by atoms with Crippen LogP contribution >= 0.6 is 0 Å². The molecule has 0 spiro atoms. The van der Waals surface area contributed by atoms with Gasteiger partial charge < -0.3 is 19.1 Å². The second kappa shape index (κ2) is 13.7. The van der Waals surface area contributed by atoms with Crippen LogP contribution in [0.4, 0.5) is 0 Å². The van der Waals surface area contributed by atoms with Crippen LogP contribution in [0.3, 0.4) is 0 Å². The number of hydrogen-bond acceptors (Lipinski definition) is 4. The zero-order valence-electron chi connectivity index (χ0n) is 15.4. The molecule has 0 heterocycles. The Bertz CT molecular complexity index is 214. The third-order valence-corrected chi connectivity index (χ3v) is 5.68. The average molecular weight is 318 g/mol. The first-order chi connectivity index (χ1) is 9.99. The summed E-state index contributed by atoms with van der Waals surface area (Å²) in [6.07, 6.45) is 4.13. The molecule has 128 valence electrons. The zero-order valence-corrected chi connectivity index (χ0v) is 16.8. The Morgan fingerprint density at radius 3 is 1.71 bits per heavy atom. The highest BCUT2D eigenvalue weighted by Gasteiger charge is 2.07. The molecule has 4 nitrogen and oxygen atoms in total. The van der Waals surface area contributed by atoms with Crippen LogP contribution in [0.25, 0.3) is 0 Å². The molecule has 0 aliphatic rings. The van der Waals surface area contributed by atoms with Crippen LogP contribution in [0.5, 0.6) is 0 Å². The summed E-state index contributed by atoms with van der Waals surface area (Å²) in [7, 11) is 4.02. The molecule has 0 aliphatic heterocycles. The lowest BCUT2D eigenvalue weighted by molar-refractivity contribution is 0.222. The van der Waals surface area contributed by atoms with Crippen LogP contribution in [0.2, 0.25) is 0 Å². The van der Waals surface area contributed by atoms with Gasteiger partial charge in [-0.3, -0.25) is 0 Å². The molecule has 0 rings (SSSR count). The highest BCUT2D eigenvalue weighted by atomic mass is 28.2. The molecular formula is C16H39N3OSi. The van der Waals surface area contributed by atoms with Crippen LogP contribution in [0.15, 0.2) is 0 Å². The topological polar surface area (TPSA) is 19.0 Å². The van der Waals surface area contributed by atoms with Crippen molar-refractivity contribution in [2.75, 3.05) is 59.5 Å². The predicted octanol–water partition coefficient (Wildman–Crippen LogP) is 1.44. The van der Waals surface area contributed by atoms with E-state index in [1.165, 1.54) is 45.2 Å². The van der Waals surface area contributed by atoms with Gasteiger partial charge in [-0.05, 0) is 80.1 Å². The Morgan fingerprint density at radius 1 is 0.857 bits per heavy atom. The Labute approximate surface area is 135 Å². The first-order valence-corrected chi connectivity index (χ1v) is 10.3. The van der Waals surface area contributed by atoms with Gasteiger partial charge in [0.1, 0.15) is 0 Å². The molecule has 0 N–H and O–H groups in total. The van der Waals surface area contributed by atoms with Crippen LogP contribution < -0.4 is 0 Å². The minimum absolute atomic E-state index is 0.390. The molecule has 0 aliphatic carbocycles. The first kappa shape index (κ1) is 21.1. The van der Waals surface area contributed by atoms with Crippen molar-refractivity contribution in [2.24, 2.45) is 0 Å². The molecule has 0 unspecified atom stereocenters. The molecule has 0 amide bonds. The van der Waals surface area contributed by atoms with Crippen molar-refractivity contribution >= 4 is 9.76 Å². The summed E-state index contributed by atoms with van der Waals surface area (Å²) < 4.78 is 5.85. The smallest absolute Gasteiger partial charge is 0.175 e. The molecule has 0 atom stereocenters. The zero-order chi connectivity index (χ0) is 16.1. The van der Waals surface area contributed by atoms with Gasteiger partial charge in [0.15, 0.2) is 9.76 Å². The Morgan fingerprint density at radius 2 is 1.33 bits per heavy atom. The summed E-state index contributed by atoms with van der Waals surface area (Å²) in [5.74, 6) is 0. The van der Waals surface area contributed by atoms with Gasteiger partial charge >= 0.3 is 0 Å². The third-order valence-electron chi connectivity index (χ3n) is 3.97. The fraction of sp³-hybridized carbons (Fsp3) is 1.00. The Kier molecular flexibility index (Phi) is 13.7. The third kappa shape index (κ3) is 13.4. The van der Waals surface area contributed by atoms with Crippen molar-refractivity contribution in [3.8, 4) is 0 Å². The second-order valence-electron chi connectivity index (χ2n) is 6.26. The van der Waals surface area contributed by atoms with Gasteiger partial charge in [0.2, 0.25) is 0 Å². The monoisotopic (exact) mass is 317 g/mol. The van der Waals surface area contributed by atoms with E-state index in [4.69, 9.17) is 4.43 Å². The fourth-order valence-corrected chi connectivity index (χ4v) is 3.48. The van der Waals surface area contributed by atoms with Crippen LogP contribution in [-0.4, -0.2) is 90.1 Å². The largest absolute Gasteiger partial charge is 0.420 e. The average Bonchev–Trinajstić information content (AvgIpc) is 2.45. The lowest BCUT2D eigenvalue weighted by Gasteiger charge is -2.25. The van der Waals surface area contributed by atoms with Gasteiger partial charge in [-0.2, -0.15) is 0 Å². The fourth-order valence-electron chi connectivity index (χ4n) is 2.20. The van der Waals surface area contributed by atoms with E-state index in [2.05, 4.69) is 56.5 Å². The van der Waals surface area contributed by atoms with E-state index in [1.807, 2.05) is 0 Å². The van der Waals surface area contributed by atoms with E-state index in [0.717, 1.165) is 13.1 Å². The van der Waals surface area contributed by atoms with E-state index in [9.17, 15) is 0 Å². The van der Waals surface area contributed by atoms with Gasteiger partial charge in [-0.1, -0.05) is 13.8 Å². The summed E-state index contributed by atoms with van der Waals surface area (Å²) in [5, 5.41) is 0. The SMILES string of the molecule is CCN(C)CCCN(CCCN(C)CC)C[SiH2]OC(C)C. The normalized spacial score (nSPS) is 12.9. The summed E-state index contributed by atoms with van der Waals surface area (Å²) in [5.41, 5.74) is 0. The van der Waals surface area contributed by atoms with Crippen molar-refractivity contribution in [2.45, 2.75) is 46.6 Å². The molecule has 0 saturated heterocycles. The van der Waals surface area contributed by atoms with Crippen molar-refractivity contribution in [3.63, 3.8) is 0 Å². The van der Waals surface area contributed by atoms with E-state index in [-0.39, 0.29) is 0 Å². The van der Waals surface area contributed by atoms with E-state index >= 15 is 0 Å². The summed E-state index contributed by atoms with van der Waals surface area (Å²) in [6.45, 7) is 15.9. The molecular weight excluding hydrogens is 278 g/mol. The van der Waals surface area contributed by atoms with Crippen LogP contribution in [0, 0.1) is 0 Å². The molecule has 0 aromatic heterocycles. The van der Waals surface area contributed by atoms with Gasteiger partial charge in [-0.25, -0.2) is 0 Å². The van der Waals surface area contributed by atoms with E-state index in [1.54, 1.807) is 0 Å². The van der Waals surface area contributed by atoms with Crippen LogP contribution in [-0.2, 0) is 4.43 Å². The Hall–Kier alpha value is 0.0569. The minimum atomic E-state index is -0.390. The number of nitrogens with zero attached hydrogens (tertiary/aromatic N) is 3. The highest BCUT2D eigenvalue weighted by Crippen LogP contribution is 1.98. The lowest BCUT2D eigenvalue weighted by Crippen LogP contribution is -2.35. The maximum absolute atomic E-state index is 5.85. The standard InChI is InChI=1S/C16H39N3OSi/c1-7-17(5)11-9-13-19(15-21-20-16(3)4)14-10-12-18(6)8-2/h16H,7-15,21H2,1-6H3. The maximum atomic E-state index is 5.85. The van der Waals surface area contributed by atoms with E-state index in [0.29, 0.717) is 6.10 Å². The predicted molar refractivity (Wildman–Crippen MR) is 96.8 cm³/mol. The quantitative estimate of drug-likeness (QED) is 0.451. The molecule has 0 radical (unpaired) electrons. The molecule has 0 fully saturated rings. The number of hydrogen-bond donors (Lipinski definition) is 0. The molecule has 0 bridgehead atoms. The number of rotatable bonds is 14. The molecule has 5 heteroatoms. The van der Waals surface area contributed by atoms with Gasteiger partial charge in [0, 0.05) is 12.3 Å². The van der Waals surface area contributed by atoms with Crippen LogP contribution in [0.1, 0.15) is 40.5 Å². The van der Waals surface area contributed by atoms with Crippen molar-refractivity contribution in [1.82, 2.24) is 14.7 Å². The van der Waals surface area contributed by atoms with Gasteiger partial charge in [0.25, 0.3) is 0 Å². The molecule has 0 aromatic carbocycles. The van der Waals surface area contributed by atoms with Crippen molar-refractivity contribution in [3.05, 3.63) is 0 Å². The summed E-state index contributed by atoms with van der Waals surface area (Å²) >= 11 is 0. The minimum Gasteiger partial charge on any atom is -0.420 e. The lowest BCUT2D eigenvalue weighted by atomic mass is 10.3. The second-order valence-corrected chi connectivity index (χ2v) is 7.45. The van der Waals surface area contributed by atoms with Crippen molar-refractivity contribution < 1.29 is 4.43 Å². The maximum Gasteiger partial charge on any atom is 0.175 e. The molecule has 21 heavy (non-hydrogen) atoms. The summed E-state index contributed by atoms with van der Waals surface area (Å²) in [6, 6.07) is 0. The molecule has 0 saturated carbocycles. The van der Waals surface area contributed by atoms with Gasteiger partial charge in [0.05, 0.1) is 0 Å². The highest BCUT2D eigenvalue weighted by molar-refractivity contribution is 6.27. The first-order valence-electron chi connectivity index (χ1n) is 8.70. The van der Waals surface area contributed by atoms with Crippen molar-refractivity contribution in [1.29, 1.82) is 0 Å². The molecule has 0 aromatic rings. The van der Waals surface area contributed by atoms with E-state index < -0.39 is 9.76 Å².